The molecular weight excluding hydrogens is 354 g/mol. The van der Waals surface area contributed by atoms with Gasteiger partial charge in [-0.05, 0) is 22.9 Å². The van der Waals surface area contributed by atoms with Crippen molar-refractivity contribution in [3.63, 3.8) is 0 Å². The SMILES string of the molecule is C1=CC(c2cccs2)(c2cccs2)Cc2[nH]nc(-c3cscn3)c21. The third-order valence-corrected chi connectivity index (χ3v) is 7.15. The first kappa shape index (κ1) is 14.3. The number of aromatic nitrogens is 3. The van der Waals surface area contributed by atoms with E-state index in [1.807, 2.05) is 33.6 Å². The minimum Gasteiger partial charge on any atom is -0.281 e. The predicted octanol–water partition coefficient (Wildman–Crippen LogP) is 5.21. The highest BCUT2D eigenvalue weighted by Gasteiger charge is 2.38. The fraction of sp³-hybridized carbons (Fsp3) is 0.111. The van der Waals surface area contributed by atoms with Gasteiger partial charge >= 0.3 is 0 Å². The highest BCUT2D eigenvalue weighted by atomic mass is 32.1. The van der Waals surface area contributed by atoms with Gasteiger partial charge in [0, 0.05) is 32.8 Å². The van der Waals surface area contributed by atoms with E-state index < -0.39 is 0 Å². The van der Waals surface area contributed by atoms with Crippen molar-refractivity contribution in [1.82, 2.24) is 15.2 Å². The van der Waals surface area contributed by atoms with E-state index in [2.05, 4.69) is 62.4 Å². The summed E-state index contributed by atoms with van der Waals surface area (Å²) in [6.45, 7) is 0. The largest absolute Gasteiger partial charge is 0.281 e. The third-order valence-electron chi connectivity index (χ3n) is 4.47. The molecule has 1 aliphatic rings. The van der Waals surface area contributed by atoms with Crippen LogP contribution in [-0.4, -0.2) is 15.2 Å². The van der Waals surface area contributed by atoms with Crippen LogP contribution in [0.2, 0.25) is 0 Å². The van der Waals surface area contributed by atoms with Crippen molar-refractivity contribution in [3.8, 4) is 11.4 Å². The Bertz CT molecular complexity index is 943. The normalized spacial score (nSPS) is 15.5. The van der Waals surface area contributed by atoms with Crippen molar-refractivity contribution in [3.05, 3.63) is 73.0 Å². The molecular formula is C18H13N3S3. The second-order valence-electron chi connectivity index (χ2n) is 5.77. The van der Waals surface area contributed by atoms with Crippen LogP contribution in [0.15, 0.2) is 52.0 Å². The number of nitrogens with one attached hydrogen (secondary N) is 1. The molecule has 5 rings (SSSR count). The lowest BCUT2D eigenvalue weighted by Crippen LogP contribution is -2.28. The lowest BCUT2D eigenvalue weighted by Gasteiger charge is -2.31. The van der Waals surface area contributed by atoms with Gasteiger partial charge in [-0.2, -0.15) is 5.10 Å². The van der Waals surface area contributed by atoms with E-state index in [-0.39, 0.29) is 5.41 Å². The number of aromatic amines is 1. The van der Waals surface area contributed by atoms with Gasteiger partial charge < -0.3 is 0 Å². The van der Waals surface area contributed by atoms with Gasteiger partial charge in [0.1, 0.15) is 11.4 Å². The molecule has 4 aromatic rings. The number of thiophene rings is 2. The van der Waals surface area contributed by atoms with Crippen molar-refractivity contribution in [2.24, 2.45) is 0 Å². The first-order chi connectivity index (χ1) is 11.9. The Morgan fingerprint density at radius 2 is 1.88 bits per heavy atom. The van der Waals surface area contributed by atoms with Crippen LogP contribution in [0.25, 0.3) is 17.5 Å². The number of hydrogen-bond donors (Lipinski definition) is 1. The van der Waals surface area contributed by atoms with Gasteiger partial charge in [0.25, 0.3) is 0 Å². The third kappa shape index (κ3) is 2.07. The zero-order valence-electron chi connectivity index (χ0n) is 12.6. The fourth-order valence-electron chi connectivity index (χ4n) is 3.31. The second-order valence-corrected chi connectivity index (χ2v) is 8.39. The molecule has 0 spiro atoms. The minimum absolute atomic E-state index is 0.0960. The highest BCUT2D eigenvalue weighted by molar-refractivity contribution is 7.12. The van der Waals surface area contributed by atoms with Crippen molar-refractivity contribution in [1.29, 1.82) is 0 Å². The summed E-state index contributed by atoms with van der Waals surface area (Å²) in [5, 5.41) is 14.2. The Hall–Kier alpha value is -2.02. The maximum atomic E-state index is 4.54. The molecule has 0 aromatic carbocycles. The smallest absolute Gasteiger partial charge is 0.119 e. The second kappa shape index (κ2) is 5.51. The van der Waals surface area contributed by atoms with E-state index in [0.717, 1.165) is 17.8 Å². The van der Waals surface area contributed by atoms with Crippen molar-refractivity contribution in [2.45, 2.75) is 11.8 Å². The molecule has 6 heteroatoms. The van der Waals surface area contributed by atoms with E-state index in [9.17, 15) is 0 Å². The number of hydrogen-bond acceptors (Lipinski definition) is 5. The molecule has 1 N–H and O–H groups in total. The van der Waals surface area contributed by atoms with Crippen LogP contribution in [0, 0.1) is 0 Å². The molecule has 24 heavy (non-hydrogen) atoms. The summed E-state index contributed by atoms with van der Waals surface area (Å²) in [5.74, 6) is 0. The number of thiazole rings is 1. The monoisotopic (exact) mass is 367 g/mol. The van der Waals surface area contributed by atoms with Crippen LogP contribution in [0.4, 0.5) is 0 Å². The Kier molecular flexibility index (Phi) is 3.29. The first-order valence-corrected chi connectivity index (χ1v) is 10.3. The summed E-state index contributed by atoms with van der Waals surface area (Å²) < 4.78 is 0. The number of H-pyrrole nitrogens is 1. The topological polar surface area (TPSA) is 41.6 Å². The maximum Gasteiger partial charge on any atom is 0.119 e. The molecule has 0 fully saturated rings. The minimum atomic E-state index is -0.0960. The summed E-state index contributed by atoms with van der Waals surface area (Å²) in [5.41, 5.74) is 6.01. The van der Waals surface area contributed by atoms with Gasteiger partial charge in [0.15, 0.2) is 0 Å². The maximum absolute atomic E-state index is 4.54. The fourth-order valence-corrected chi connectivity index (χ4v) is 5.76. The van der Waals surface area contributed by atoms with Crippen LogP contribution < -0.4 is 0 Å². The van der Waals surface area contributed by atoms with Crippen LogP contribution >= 0.6 is 34.0 Å². The summed E-state index contributed by atoms with van der Waals surface area (Å²) in [4.78, 5) is 7.15. The van der Waals surface area contributed by atoms with E-state index in [0.29, 0.717) is 0 Å². The summed E-state index contributed by atoms with van der Waals surface area (Å²) in [7, 11) is 0. The molecule has 0 saturated carbocycles. The Morgan fingerprint density at radius 3 is 2.50 bits per heavy atom. The quantitative estimate of drug-likeness (QED) is 0.540. The van der Waals surface area contributed by atoms with Gasteiger partial charge in [0.2, 0.25) is 0 Å². The predicted molar refractivity (Wildman–Crippen MR) is 102 cm³/mol. The van der Waals surface area contributed by atoms with Crippen LogP contribution in [-0.2, 0) is 11.8 Å². The van der Waals surface area contributed by atoms with Gasteiger partial charge in [0.05, 0.1) is 10.9 Å². The first-order valence-electron chi connectivity index (χ1n) is 7.60. The summed E-state index contributed by atoms with van der Waals surface area (Å²) in [6, 6.07) is 8.73. The summed E-state index contributed by atoms with van der Waals surface area (Å²) in [6.07, 6.45) is 5.46. The van der Waals surface area contributed by atoms with Crippen molar-refractivity contribution < 1.29 is 0 Å². The van der Waals surface area contributed by atoms with Crippen molar-refractivity contribution >= 4 is 40.1 Å². The number of allylic oxidation sites excluding steroid dienone is 1. The Labute approximate surface area is 151 Å². The standard InChI is InChI=1S/C18H13N3S3/c1-3-15(23-7-1)18(16-4-2-8-24-16)6-5-12-13(9-18)20-21-17(12)14-10-22-11-19-14/h1-8,10-11H,9H2,(H,20,21). The van der Waals surface area contributed by atoms with Gasteiger partial charge in [-0.15, -0.1) is 34.0 Å². The number of nitrogens with zero attached hydrogens (tertiary/aromatic N) is 2. The van der Waals surface area contributed by atoms with Gasteiger partial charge in [-0.1, -0.05) is 24.3 Å². The van der Waals surface area contributed by atoms with Gasteiger partial charge in [-0.3, -0.25) is 5.10 Å². The zero-order chi connectivity index (χ0) is 16.0. The summed E-state index contributed by atoms with van der Waals surface area (Å²) >= 11 is 5.23. The molecule has 0 amide bonds. The lowest BCUT2D eigenvalue weighted by molar-refractivity contribution is 0.645. The number of fused-ring (bicyclic) bond motifs is 1. The highest BCUT2D eigenvalue weighted by Crippen LogP contribution is 2.45. The molecule has 0 saturated heterocycles. The Balaban J connectivity index is 1.66. The Morgan fingerprint density at radius 1 is 1.08 bits per heavy atom. The molecule has 118 valence electrons. The molecule has 4 aromatic heterocycles. The molecule has 0 aliphatic heterocycles. The molecule has 4 heterocycles. The average Bonchev–Trinajstić information content (AvgIpc) is 3.43. The lowest BCUT2D eigenvalue weighted by atomic mass is 9.75. The van der Waals surface area contributed by atoms with E-state index in [4.69, 9.17) is 0 Å². The molecule has 0 bridgehead atoms. The average molecular weight is 368 g/mol. The van der Waals surface area contributed by atoms with E-state index in [1.165, 1.54) is 21.0 Å². The molecule has 0 unspecified atom stereocenters. The molecule has 3 nitrogen and oxygen atoms in total. The molecule has 0 radical (unpaired) electrons. The van der Waals surface area contributed by atoms with E-state index in [1.54, 1.807) is 11.3 Å². The van der Waals surface area contributed by atoms with E-state index >= 15 is 0 Å². The molecule has 0 atom stereocenters. The van der Waals surface area contributed by atoms with Gasteiger partial charge in [-0.25, -0.2) is 4.98 Å². The van der Waals surface area contributed by atoms with Crippen molar-refractivity contribution in [2.75, 3.05) is 0 Å². The van der Waals surface area contributed by atoms with Crippen LogP contribution in [0.3, 0.4) is 0 Å². The number of rotatable bonds is 3. The molecule has 1 aliphatic carbocycles. The zero-order valence-corrected chi connectivity index (χ0v) is 15.0. The van der Waals surface area contributed by atoms with Crippen LogP contribution in [0.1, 0.15) is 21.0 Å². The van der Waals surface area contributed by atoms with Crippen LogP contribution in [0.5, 0.6) is 0 Å².